The third kappa shape index (κ3) is 6.76. The molecule has 2 amide bonds. The van der Waals surface area contributed by atoms with E-state index in [0.717, 1.165) is 0 Å². The second-order valence-electron chi connectivity index (χ2n) is 7.46. The summed E-state index contributed by atoms with van der Waals surface area (Å²) < 4.78 is 18.7. The van der Waals surface area contributed by atoms with E-state index in [2.05, 4.69) is 15.5 Å². The molecule has 0 saturated heterocycles. The summed E-state index contributed by atoms with van der Waals surface area (Å²) in [7, 11) is 0. The molecule has 0 unspecified atom stereocenters. The highest BCUT2D eigenvalue weighted by Gasteiger charge is 2.19. The van der Waals surface area contributed by atoms with Gasteiger partial charge in [0, 0.05) is 30.0 Å². The Kier molecular flexibility index (Phi) is 8.41. The topological polar surface area (TPSA) is 88.3 Å². The van der Waals surface area contributed by atoms with E-state index >= 15 is 0 Å². The van der Waals surface area contributed by atoms with E-state index in [1.807, 2.05) is 6.92 Å². The lowest BCUT2D eigenvalue weighted by Gasteiger charge is -2.21. The third-order valence-electron chi connectivity index (χ3n) is 4.82. The van der Waals surface area contributed by atoms with Crippen molar-refractivity contribution in [2.45, 2.75) is 33.1 Å². The number of halogens is 3. The van der Waals surface area contributed by atoms with Crippen molar-refractivity contribution >= 4 is 40.7 Å². The molecule has 0 aliphatic carbocycles. The maximum atomic E-state index is 13.5. The number of hydrogen-bond donors (Lipinski definition) is 1. The lowest BCUT2D eigenvalue weighted by Crippen LogP contribution is -2.38. The summed E-state index contributed by atoms with van der Waals surface area (Å²) in [6, 6.07) is 9.28. The Hall–Kier alpha value is -2.97. The summed E-state index contributed by atoms with van der Waals surface area (Å²) in [4.78, 5) is 31.0. The lowest BCUT2D eigenvalue weighted by molar-refractivity contribution is -0.134. The van der Waals surface area contributed by atoms with Gasteiger partial charge in [0.2, 0.25) is 23.5 Å². The van der Waals surface area contributed by atoms with Crippen LogP contribution < -0.4 is 5.32 Å². The van der Waals surface area contributed by atoms with Crippen molar-refractivity contribution < 1.29 is 18.5 Å². The number of nitrogens with one attached hydrogen (secondary N) is 1. The molecule has 0 fully saturated rings. The molecule has 0 aliphatic heterocycles. The molecule has 3 aromatic rings. The molecule has 7 nitrogen and oxygen atoms in total. The highest BCUT2D eigenvalue weighted by atomic mass is 35.5. The van der Waals surface area contributed by atoms with E-state index in [1.165, 1.54) is 17.0 Å². The molecule has 0 radical (unpaired) electrons. The van der Waals surface area contributed by atoms with Gasteiger partial charge in [-0.05, 0) is 55.3 Å². The smallest absolute Gasteiger partial charge is 0.244 e. The maximum absolute atomic E-state index is 13.5. The molecular weight excluding hydrogens is 470 g/mol. The van der Waals surface area contributed by atoms with Crippen molar-refractivity contribution in [1.82, 2.24) is 15.0 Å². The zero-order valence-electron chi connectivity index (χ0n) is 18.2. The van der Waals surface area contributed by atoms with Gasteiger partial charge >= 0.3 is 0 Å². The Balaban J connectivity index is 1.58. The Morgan fingerprint density at radius 2 is 1.97 bits per heavy atom. The summed E-state index contributed by atoms with van der Waals surface area (Å²) in [5.74, 6) is -0.287. The zero-order chi connectivity index (χ0) is 24.0. The van der Waals surface area contributed by atoms with Crippen LogP contribution in [0.1, 0.15) is 31.2 Å². The van der Waals surface area contributed by atoms with Crippen LogP contribution >= 0.6 is 23.2 Å². The highest BCUT2D eigenvalue weighted by Crippen LogP contribution is 2.25. The van der Waals surface area contributed by atoms with Crippen LogP contribution in [0.4, 0.5) is 10.1 Å². The van der Waals surface area contributed by atoms with Crippen LogP contribution in [0.5, 0.6) is 0 Å². The van der Waals surface area contributed by atoms with Gasteiger partial charge < -0.3 is 14.7 Å². The average Bonchev–Trinajstić information content (AvgIpc) is 3.25. The minimum Gasteiger partial charge on any atom is -0.339 e. The molecular formula is C23H23Cl2FN4O3. The van der Waals surface area contributed by atoms with E-state index < -0.39 is 0 Å². The number of anilines is 1. The SMILES string of the molecule is CCCN(CC(=O)Nc1ccc(Cl)cc1Cl)C(=O)CCc1nc(-c2ccc(F)c(C)c2)no1. The van der Waals surface area contributed by atoms with E-state index in [9.17, 15) is 14.0 Å². The molecule has 10 heteroatoms. The molecule has 1 N–H and O–H groups in total. The van der Waals surface area contributed by atoms with Crippen molar-refractivity contribution in [3.63, 3.8) is 0 Å². The van der Waals surface area contributed by atoms with Gasteiger partial charge in [-0.1, -0.05) is 35.3 Å². The van der Waals surface area contributed by atoms with Crippen LogP contribution in [-0.4, -0.2) is 39.9 Å². The number of carbonyl (C=O) groups is 2. The molecule has 1 aromatic heterocycles. The number of hydrogen-bond acceptors (Lipinski definition) is 5. The lowest BCUT2D eigenvalue weighted by atomic mass is 10.1. The first-order chi connectivity index (χ1) is 15.8. The molecule has 2 aromatic carbocycles. The van der Waals surface area contributed by atoms with Gasteiger partial charge in [0.1, 0.15) is 5.82 Å². The number of aromatic nitrogens is 2. The fraction of sp³-hybridized carbons (Fsp3) is 0.304. The summed E-state index contributed by atoms with van der Waals surface area (Å²) in [5.41, 5.74) is 1.52. The quantitative estimate of drug-likeness (QED) is 0.437. The van der Waals surface area contributed by atoms with Crippen molar-refractivity contribution in [1.29, 1.82) is 0 Å². The largest absolute Gasteiger partial charge is 0.339 e. The van der Waals surface area contributed by atoms with Crippen LogP contribution in [0.3, 0.4) is 0 Å². The predicted octanol–water partition coefficient (Wildman–Crippen LogP) is 5.30. The molecule has 0 saturated carbocycles. The third-order valence-corrected chi connectivity index (χ3v) is 5.37. The Morgan fingerprint density at radius 3 is 2.67 bits per heavy atom. The van der Waals surface area contributed by atoms with E-state index in [-0.39, 0.29) is 42.9 Å². The van der Waals surface area contributed by atoms with Crippen LogP contribution in [-0.2, 0) is 16.0 Å². The number of amides is 2. The first-order valence-electron chi connectivity index (χ1n) is 10.4. The molecule has 0 atom stereocenters. The van der Waals surface area contributed by atoms with Gasteiger partial charge in [0.15, 0.2) is 0 Å². The second-order valence-corrected chi connectivity index (χ2v) is 8.31. The number of benzene rings is 2. The molecule has 1 heterocycles. The van der Waals surface area contributed by atoms with Gasteiger partial charge in [0.05, 0.1) is 17.3 Å². The minimum atomic E-state index is -0.368. The first-order valence-corrected chi connectivity index (χ1v) is 11.1. The first kappa shape index (κ1) is 24.7. The van der Waals surface area contributed by atoms with Gasteiger partial charge in [-0.3, -0.25) is 9.59 Å². The van der Waals surface area contributed by atoms with Gasteiger partial charge in [-0.2, -0.15) is 4.98 Å². The maximum Gasteiger partial charge on any atom is 0.244 e. The molecule has 0 aliphatic rings. The summed E-state index contributed by atoms with van der Waals surface area (Å²) >= 11 is 12.0. The van der Waals surface area contributed by atoms with Crippen molar-refractivity contribution in [3.05, 3.63) is 63.7 Å². The number of rotatable bonds is 9. The molecule has 3 rings (SSSR count). The van der Waals surface area contributed by atoms with Crippen molar-refractivity contribution in [3.8, 4) is 11.4 Å². The van der Waals surface area contributed by atoms with Gasteiger partial charge in [0.25, 0.3) is 0 Å². The molecule has 174 valence electrons. The Morgan fingerprint density at radius 1 is 1.18 bits per heavy atom. The van der Waals surface area contributed by atoms with Gasteiger partial charge in [-0.15, -0.1) is 0 Å². The second kappa shape index (κ2) is 11.2. The summed E-state index contributed by atoms with van der Waals surface area (Å²) in [6.45, 7) is 3.88. The standard InChI is InChI=1S/C23H23Cl2FN4O3/c1-3-10-30(13-20(31)27-19-7-5-16(24)12-17(19)25)22(32)9-8-21-28-23(29-33-21)15-4-6-18(26)14(2)11-15/h4-7,11-12H,3,8-10,13H2,1-2H3,(H,27,31). The number of aryl methyl sites for hydroxylation is 2. The minimum absolute atomic E-state index is 0.0963. The summed E-state index contributed by atoms with van der Waals surface area (Å²) in [5, 5.41) is 7.37. The zero-order valence-corrected chi connectivity index (χ0v) is 19.7. The highest BCUT2D eigenvalue weighted by molar-refractivity contribution is 6.36. The Bertz CT molecular complexity index is 1150. The average molecular weight is 493 g/mol. The summed E-state index contributed by atoms with van der Waals surface area (Å²) in [6.07, 6.45) is 1.01. The van der Waals surface area contributed by atoms with Crippen molar-refractivity contribution in [2.75, 3.05) is 18.4 Å². The van der Waals surface area contributed by atoms with Crippen LogP contribution in [0.15, 0.2) is 40.9 Å². The fourth-order valence-electron chi connectivity index (χ4n) is 3.15. The predicted molar refractivity (Wildman–Crippen MR) is 125 cm³/mol. The molecule has 0 bridgehead atoms. The van der Waals surface area contributed by atoms with E-state index in [0.29, 0.717) is 45.6 Å². The normalized spacial score (nSPS) is 10.8. The van der Waals surface area contributed by atoms with Crippen LogP contribution in [0, 0.1) is 12.7 Å². The Labute approximate surface area is 200 Å². The molecule has 0 spiro atoms. The number of nitrogens with zero attached hydrogens (tertiary/aromatic N) is 3. The monoisotopic (exact) mass is 492 g/mol. The van der Waals surface area contributed by atoms with Crippen LogP contribution in [0.2, 0.25) is 10.0 Å². The van der Waals surface area contributed by atoms with E-state index in [1.54, 1.807) is 31.2 Å². The van der Waals surface area contributed by atoms with Crippen molar-refractivity contribution in [2.24, 2.45) is 0 Å². The molecule has 33 heavy (non-hydrogen) atoms. The van der Waals surface area contributed by atoms with E-state index in [4.69, 9.17) is 27.7 Å². The van der Waals surface area contributed by atoms with Gasteiger partial charge in [-0.25, -0.2) is 4.39 Å². The number of carbonyl (C=O) groups excluding carboxylic acids is 2. The fourth-order valence-corrected chi connectivity index (χ4v) is 3.60. The van der Waals surface area contributed by atoms with Crippen LogP contribution in [0.25, 0.3) is 11.4 Å².